The number of urea groups is 1. The summed E-state index contributed by atoms with van der Waals surface area (Å²) in [5.74, 6) is 2.32. The number of hydrogen-bond donors (Lipinski definition) is 4. The number of aliphatic hydroxyl groups excluding tert-OH is 2. The van der Waals surface area contributed by atoms with Crippen LogP contribution in [0.5, 0.6) is 0 Å². The fourth-order valence-corrected chi connectivity index (χ4v) is 9.08. The summed E-state index contributed by atoms with van der Waals surface area (Å²) in [5, 5.41) is 27.1. The molecule has 4 aliphatic carbocycles. The van der Waals surface area contributed by atoms with Crippen molar-refractivity contribution in [3.63, 3.8) is 0 Å². The van der Waals surface area contributed by atoms with Gasteiger partial charge in [-0.3, -0.25) is 4.90 Å². The second-order valence-corrected chi connectivity index (χ2v) is 14.8. The van der Waals surface area contributed by atoms with Crippen molar-refractivity contribution in [1.82, 2.24) is 10.2 Å². The molecule has 250 valence electrons. The van der Waals surface area contributed by atoms with Gasteiger partial charge >= 0.3 is 6.03 Å². The Kier molecular flexibility index (Phi) is 9.40. The molecule has 4 bridgehead atoms. The maximum atomic E-state index is 13.2. The number of ether oxygens (including phenoxy) is 2. The van der Waals surface area contributed by atoms with Gasteiger partial charge in [-0.2, -0.15) is 0 Å². The van der Waals surface area contributed by atoms with E-state index in [0.29, 0.717) is 13.0 Å². The number of aliphatic hydroxyl groups is 2. The van der Waals surface area contributed by atoms with E-state index in [-0.39, 0.29) is 36.4 Å². The quantitative estimate of drug-likeness (QED) is 0.193. The number of rotatable bonds is 10. The zero-order chi connectivity index (χ0) is 32.5. The van der Waals surface area contributed by atoms with Gasteiger partial charge in [-0.15, -0.1) is 0 Å². The Morgan fingerprint density at radius 1 is 0.872 bits per heavy atom. The van der Waals surface area contributed by atoms with Crippen LogP contribution >= 0.6 is 0 Å². The Hall–Kier alpha value is -3.27. The van der Waals surface area contributed by atoms with Crippen molar-refractivity contribution >= 4 is 11.7 Å². The molecule has 4 N–H and O–H groups in total. The lowest BCUT2D eigenvalue weighted by molar-refractivity contribution is -0.253. The van der Waals surface area contributed by atoms with Crippen molar-refractivity contribution < 1.29 is 24.5 Å². The van der Waals surface area contributed by atoms with Gasteiger partial charge in [-0.05, 0) is 99.1 Å². The van der Waals surface area contributed by atoms with Gasteiger partial charge in [0, 0.05) is 35.8 Å². The summed E-state index contributed by atoms with van der Waals surface area (Å²) >= 11 is 0. The first-order valence-corrected chi connectivity index (χ1v) is 17.4. The monoisotopic (exact) mass is 639 g/mol. The average Bonchev–Trinajstić information content (AvgIpc) is 3.07. The second kappa shape index (κ2) is 13.7. The molecule has 5 fully saturated rings. The van der Waals surface area contributed by atoms with Gasteiger partial charge < -0.3 is 30.3 Å². The average molecular weight is 640 g/mol. The first-order valence-electron chi connectivity index (χ1n) is 17.4. The number of anilines is 1. The summed E-state index contributed by atoms with van der Waals surface area (Å²) < 4.78 is 13.1. The van der Waals surface area contributed by atoms with E-state index >= 15 is 0 Å². The Labute approximate surface area is 278 Å². The number of carbonyl (C=O) groups is 1. The lowest BCUT2D eigenvalue weighted by Gasteiger charge is -2.56. The van der Waals surface area contributed by atoms with E-state index in [1.165, 1.54) is 19.3 Å². The summed E-state index contributed by atoms with van der Waals surface area (Å²) in [6.07, 6.45) is 6.44. The van der Waals surface area contributed by atoms with E-state index in [1.807, 2.05) is 92.8 Å². The molecule has 0 spiro atoms. The van der Waals surface area contributed by atoms with Crippen molar-refractivity contribution in [3.8, 4) is 0 Å². The summed E-state index contributed by atoms with van der Waals surface area (Å²) in [6, 6.07) is 25.1. The molecule has 5 atom stereocenters. The van der Waals surface area contributed by atoms with Gasteiger partial charge in [0.25, 0.3) is 0 Å². The van der Waals surface area contributed by atoms with Crippen LogP contribution in [0.4, 0.5) is 10.5 Å². The van der Waals surface area contributed by atoms with Gasteiger partial charge in [0.05, 0.1) is 24.9 Å². The summed E-state index contributed by atoms with van der Waals surface area (Å²) in [6.45, 7) is 2.64. The molecule has 3 aromatic carbocycles. The third kappa shape index (κ3) is 7.27. The van der Waals surface area contributed by atoms with Crippen molar-refractivity contribution in [3.05, 3.63) is 101 Å². The molecule has 0 unspecified atom stereocenters. The third-order valence-corrected chi connectivity index (χ3v) is 11.3. The van der Waals surface area contributed by atoms with Gasteiger partial charge in [0.1, 0.15) is 0 Å². The maximum Gasteiger partial charge on any atom is 0.319 e. The predicted molar refractivity (Wildman–Crippen MR) is 181 cm³/mol. The molecular weight excluding hydrogens is 590 g/mol. The molecule has 1 aliphatic heterocycles. The summed E-state index contributed by atoms with van der Waals surface area (Å²) in [4.78, 5) is 15.3. The molecule has 8 nitrogen and oxygen atoms in total. The van der Waals surface area contributed by atoms with Crippen molar-refractivity contribution in [2.45, 2.75) is 94.7 Å². The minimum absolute atomic E-state index is 0.00641. The zero-order valence-electron chi connectivity index (χ0n) is 27.6. The Balaban J connectivity index is 1.02. The molecule has 2 amide bonds. The van der Waals surface area contributed by atoms with Crippen molar-refractivity contribution in [2.24, 2.45) is 17.8 Å². The second-order valence-electron chi connectivity index (χ2n) is 14.8. The molecular formula is C39H49N3O5. The highest BCUT2D eigenvalue weighted by Gasteiger charge is 2.51. The highest BCUT2D eigenvalue weighted by Crippen LogP contribution is 2.55. The fraction of sp³-hybridized carbons (Fsp3) is 0.513. The standard InChI is InChI=1S/C39H49N3O5/c1-25(36(44)31-6-4-3-5-7-31)42(2)23-34-19-35(30-10-8-26(24-43)9-11-30)47-37(46-34)32-12-14-33(15-13-32)40-38(45)41-39-20-27-16-28(21-39)18-29(17-27)22-39/h3-15,25,27-29,34-37,43-44H,16-24H2,1-2H3,(H2,40,41,45)/t25-,27?,28?,29?,34-,35+,36-,37+,39?/m1/s1. The molecule has 1 saturated heterocycles. The normalized spacial score (nSPS) is 31.0. The van der Waals surface area contributed by atoms with Gasteiger partial charge in [-0.1, -0.05) is 66.7 Å². The van der Waals surface area contributed by atoms with E-state index in [9.17, 15) is 15.0 Å². The smallest absolute Gasteiger partial charge is 0.319 e. The summed E-state index contributed by atoms with van der Waals surface area (Å²) in [5.41, 5.74) is 4.35. The highest BCUT2D eigenvalue weighted by molar-refractivity contribution is 5.89. The number of nitrogens with zero attached hydrogens (tertiary/aromatic N) is 1. The van der Waals surface area contributed by atoms with E-state index in [1.54, 1.807) is 0 Å². The van der Waals surface area contributed by atoms with E-state index in [0.717, 1.165) is 65.0 Å². The molecule has 4 saturated carbocycles. The molecule has 1 heterocycles. The molecule has 3 aromatic rings. The van der Waals surface area contributed by atoms with Gasteiger partial charge in [-0.25, -0.2) is 4.79 Å². The van der Waals surface area contributed by atoms with Crippen LogP contribution in [-0.2, 0) is 16.1 Å². The fourth-order valence-electron chi connectivity index (χ4n) is 9.08. The Bertz CT molecular complexity index is 1460. The lowest BCUT2D eigenvalue weighted by atomic mass is 9.53. The molecule has 0 aromatic heterocycles. The first kappa shape index (κ1) is 32.3. The number of amides is 2. The van der Waals surface area contributed by atoms with E-state index in [2.05, 4.69) is 15.5 Å². The largest absolute Gasteiger partial charge is 0.392 e. The Morgan fingerprint density at radius 2 is 1.49 bits per heavy atom. The number of likely N-dealkylation sites (N-methyl/N-ethyl adjacent to an activating group) is 1. The van der Waals surface area contributed by atoms with Gasteiger partial charge in [0.2, 0.25) is 0 Å². The Morgan fingerprint density at radius 3 is 2.11 bits per heavy atom. The molecule has 5 aliphatic rings. The molecule has 8 rings (SSSR count). The summed E-state index contributed by atoms with van der Waals surface area (Å²) in [7, 11) is 2.02. The van der Waals surface area contributed by atoms with Crippen LogP contribution in [0.3, 0.4) is 0 Å². The van der Waals surface area contributed by atoms with Crippen LogP contribution in [-0.4, -0.2) is 52.4 Å². The van der Waals surface area contributed by atoms with Gasteiger partial charge in [0.15, 0.2) is 6.29 Å². The molecule has 8 heteroatoms. The van der Waals surface area contributed by atoms with Crippen LogP contribution in [0, 0.1) is 17.8 Å². The maximum absolute atomic E-state index is 13.2. The van der Waals surface area contributed by atoms with E-state index < -0.39 is 12.4 Å². The molecule has 0 radical (unpaired) electrons. The van der Waals surface area contributed by atoms with Crippen LogP contribution < -0.4 is 10.6 Å². The van der Waals surface area contributed by atoms with Crippen LogP contribution in [0.1, 0.15) is 92.6 Å². The molecule has 47 heavy (non-hydrogen) atoms. The van der Waals surface area contributed by atoms with Crippen molar-refractivity contribution in [1.29, 1.82) is 0 Å². The number of benzene rings is 3. The lowest BCUT2D eigenvalue weighted by Crippen LogP contribution is -2.60. The predicted octanol–water partition coefficient (Wildman–Crippen LogP) is 6.87. The first-order chi connectivity index (χ1) is 22.8. The topological polar surface area (TPSA) is 103 Å². The minimum atomic E-state index is -0.626. The number of nitrogens with one attached hydrogen (secondary N) is 2. The zero-order valence-corrected chi connectivity index (χ0v) is 27.6. The van der Waals surface area contributed by atoms with E-state index in [4.69, 9.17) is 9.47 Å². The van der Waals surface area contributed by atoms with Crippen LogP contribution in [0.2, 0.25) is 0 Å². The number of carbonyl (C=O) groups excluding carboxylic acids is 1. The highest BCUT2D eigenvalue weighted by atomic mass is 16.7. The van der Waals surface area contributed by atoms with Crippen LogP contribution in [0.25, 0.3) is 0 Å². The van der Waals surface area contributed by atoms with Crippen molar-refractivity contribution in [2.75, 3.05) is 18.9 Å². The number of hydrogen-bond acceptors (Lipinski definition) is 6. The SMILES string of the molecule is C[C@H]([C@@H](O)c1ccccc1)N(C)C[C@H]1C[C@@H](c2ccc(CO)cc2)O[C@@H](c2ccc(NC(=O)NC34CC5CC(CC(C5)C3)C4)cc2)O1. The van der Waals surface area contributed by atoms with Crippen LogP contribution in [0.15, 0.2) is 78.9 Å². The minimum Gasteiger partial charge on any atom is -0.392 e. The third-order valence-electron chi connectivity index (χ3n) is 11.3.